The van der Waals surface area contributed by atoms with Crippen LogP contribution < -0.4 is 10.1 Å². The monoisotopic (exact) mass is 400 g/mol. The molecule has 0 unspecified atom stereocenters. The maximum atomic E-state index is 13.1. The van der Waals surface area contributed by atoms with Crippen molar-refractivity contribution >= 4 is 17.5 Å². The molecule has 1 aliphatic rings. The Balaban J connectivity index is 1.78. The van der Waals surface area contributed by atoms with Crippen molar-refractivity contribution in [3.8, 4) is 5.75 Å². The van der Waals surface area contributed by atoms with E-state index in [1.165, 1.54) is 19.2 Å². The van der Waals surface area contributed by atoms with E-state index in [9.17, 15) is 14.0 Å². The van der Waals surface area contributed by atoms with Gasteiger partial charge in [0.1, 0.15) is 18.2 Å². The molecular formula is C22H25FN2O4. The third-order valence-electron chi connectivity index (χ3n) is 4.79. The number of anilines is 1. The summed E-state index contributed by atoms with van der Waals surface area (Å²) >= 11 is 0. The molecule has 1 aliphatic heterocycles. The molecule has 0 fully saturated rings. The number of nitrogens with one attached hydrogen (secondary N) is 1. The summed E-state index contributed by atoms with van der Waals surface area (Å²) in [5.41, 5.74) is 2.40. The molecule has 1 N–H and O–H groups in total. The number of carbonyl (C=O) groups is 2. The van der Waals surface area contributed by atoms with Crippen molar-refractivity contribution in [2.45, 2.75) is 32.4 Å². The highest BCUT2D eigenvalue weighted by Crippen LogP contribution is 2.29. The van der Waals surface area contributed by atoms with Gasteiger partial charge in [0.15, 0.2) is 6.10 Å². The molecule has 154 valence electrons. The standard InChI is InChI=1S/C22H25FN2O4/c1-3-19-22(27)25(11-10-15-4-6-17(23)7-5-15)13-16-12-18(8-9-20(16)29-19)24-21(26)14-28-2/h4-9,12,19H,3,10-11,13-14H2,1-2H3,(H,24,26)/t19-/m0/s1. The van der Waals surface area contributed by atoms with Gasteiger partial charge in [-0.25, -0.2) is 4.39 Å². The topological polar surface area (TPSA) is 67.9 Å². The Hall–Kier alpha value is -2.93. The van der Waals surface area contributed by atoms with Crippen LogP contribution >= 0.6 is 0 Å². The number of hydrogen-bond acceptors (Lipinski definition) is 4. The first-order chi connectivity index (χ1) is 14.0. The van der Waals surface area contributed by atoms with Gasteiger partial charge >= 0.3 is 0 Å². The van der Waals surface area contributed by atoms with E-state index in [-0.39, 0.29) is 24.2 Å². The number of halogens is 1. The number of hydrogen-bond donors (Lipinski definition) is 1. The molecule has 1 heterocycles. The van der Waals surface area contributed by atoms with E-state index in [1.54, 1.807) is 29.2 Å². The number of benzene rings is 2. The second-order valence-electron chi connectivity index (χ2n) is 6.95. The van der Waals surface area contributed by atoms with E-state index >= 15 is 0 Å². The van der Waals surface area contributed by atoms with Crippen LogP contribution in [0.15, 0.2) is 42.5 Å². The minimum absolute atomic E-state index is 0.0340. The maximum Gasteiger partial charge on any atom is 0.263 e. The van der Waals surface area contributed by atoms with Gasteiger partial charge < -0.3 is 19.7 Å². The van der Waals surface area contributed by atoms with Crippen LogP contribution in [0.4, 0.5) is 10.1 Å². The SMILES string of the molecule is CC[C@@H]1Oc2ccc(NC(=O)COC)cc2CN(CCc2ccc(F)cc2)C1=O. The first-order valence-electron chi connectivity index (χ1n) is 9.61. The molecule has 0 saturated heterocycles. The van der Waals surface area contributed by atoms with Gasteiger partial charge in [-0.1, -0.05) is 19.1 Å². The van der Waals surface area contributed by atoms with E-state index in [0.29, 0.717) is 37.4 Å². The third-order valence-corrected chi connectivity index (χ3v) is 4.79. The Kier molecular flexibility index (Phi) is 6.82. The second-order valence-corrected chi connectivity index (χ2v) is 6.95. The van der Waals surface area contributed by atoms with Gasteiger partial charge in [0.2, 0.25) is 5.91 Å². The van der Waals surface area contributed by atoms with Gasteiger partial charge in [-0.15, -0.1) is 0 Å². The lowest BCUT2D eigenvalue weighted by molar-refractivity contribution is -0.138. The lowest BCUT2D eigenvalue weighted by atomic mass is 10.1. The molecule has 0 aliphatic carbocycles. The van der Waals surface area contributed by atoms with E-state index in [4.69, 9.17) is 9.47 Å². The van der Waals surface area contributed by atoms with Gasteiger partial charge in [0.05, 0.1) is 0 Å². The molecule has 7 heteroatoms. The summed E-state index contributed by atoms with van der Waals surface area (Å²) in [5, 5.41) is 2.77. The summed E-state index contributed by atoms with van der Waals surface area (Å²) in [6.45, 7) is 2.74. The highest BCUT2D eigenvalue weighted by atomic mass is 19.1. The van der Waals surface area contributed by atoms with Crippen LogP contribution in [0.25, 0.3) is 0 Å². The predicted molar refractivity (Wildman–Crippen MR) is 107 cm³/mol. The van der Waals surface area contributed by atoms with Gasteiger partial charge in [-0.2, -0.15) is 0 Å². The third kappa shape index (κ3) is 5.32. The molecule has 1 atom stereocenters. The summed E-state index contributed by atoms with van der Waals surface area (Å²) in [5.74, 6) is 0.0312. The van der Waals surface area contributed by atoms with E-state index in [0.717, 1.165) is 11.1 Å². The summed E-state index contributed by atoms with van der Waals surface area (Å²) in [4.78, 5) is 26.5. The number of carbonyl (C=O) groups excluding carboxylic acids is 2. The fraction of sp³-hybridized carbons (Fsp3) is 0.364. The molecule has 0 radical (unpaired) electrons. The van der Waals surface area contributed by atoms with Crippen LogP contribution in [-0.2, 0) is 27.3 Å². The average molecular weight is 400 g/mol. The van der Waals surface area contributed by atoms with Gasteiger partial charge in [-0.3, -0.25) is 9.59 Å². The summed E-state index contributed by atoms with van der Waals surface area (Å²) in [6, 6.07) is 11.6. The quantitative estimate of drug-likeness (QED) is 0.775. The number of methoxy groups -OCH3 is 1. The fourth-order valence-corrected chi connectivity index (χ4v) is 3.28. The van der Waals surface area contributed by atoms with Crippen LogP contribution in [0, 0.1) is 5.82 Å². The number of rotatable bonds is 7. The fourth-order valence-electron chi connectivity index (χ4n) is 3.28. The first kappa shape index (κ1) is 20.8. The molecule has 0 spiro atoms. The number of nitrogens with zero attached hydrogens (tertiary/aromatic N) is 1. The molecule has 0 bridgehead atoms. The van der Waals surface area contributed by atoms with Crippen molar-refractivity contribution in [3.05, 3.63) is 59.4 Å². The van der Waals surface area contributed by atoms with Crippen LogP contribution in [0.3, 0.4) is 0 Å². The van der Waals surface area contributed by atoms with E-state index in [2.05, 4.69) is 5.32 Å². The number of ether oxygens (including phenoxy) is 2. The Bertz CT molecular complexity index is 870. The highest BCUT2D eigenvalue weighted by Gasteiger charge is 2.29. The molecule has 3 rings (SSSR count). The van der Waals surface area contributed by atoms with Crippen molar-refractivity contribution in [3.63, 3.8) is 0 Å². The van der Waals surface area contributed by atoms with Crippen LogP contribution in [-0.4, -0.2) is 43.1 Å². The van der Waals surface area contributed by atoms with Crippen LogP contribution in [0.1, 0.15) is 24.5 Å². The smallest absolute Gasteiger partial charge is 0.263 e. The Labute approximate surface area is 169 Å². The minimum Gasteiger partial charge on any atom is -0.480 e. The number of fused-ring (bicyclic) bond motifs is 1. The van der Waals surface area contributed by atoms with Crippen LogP contribution in [0.5, 0.6) is 5.75 Å². The van der Waals surface area contributed by atoms with Crippen LogP contribution in [0.2, 0.25) is 0 Å². The molecule has 0 saturated carbocycles. The molecule has 2 aromatic rings. The van der Waals surface area contributed by atoms with Gasteiger partial charge in [0.25, 0.3) is 5.91 Å². The maximum absolute atomic E-state index is 13.1. The molecule has 0 aromatic heterocycles. The zero-order valence-electron chi connectivity index (χ0n) is 16.6. The lowest BCUT2D eigenvalue weighted by Gasteiger charge is -2.23. The van der Waals surface area contributed by atoms with E-state index in [1.807, 2.05) is 13.0 Å². The minimum atomic E-state index is -0.557. The van der Waals surface area contributed by atoms with Crippen molar-refractivity contribution in [1.29, 1.82) is 0 Å². The zero-order valence-corrected chi connectivity index (χ0v) is 16.6. The summed E-state index contributed by atoms with van der Waals surface area (Å²) < 4.78 is 23.9. The normalized spacial score (nSPS) is 16.0. The Morgan fingerprint density at radius 3 is 2.72 bits per heavy atom. The van der Waals surface area contributed by atoms with Gasteiger partial charge in [0, 0.05) is 31.5 Å². The summed E-state index contributed by atoms with van der Waals surface area (Å²) in [6.07, 6.45) is 0.609. The molecule has 2 amide bonds. The Morgan fingerprint density at radius 2 is 2.03 bits per heavy atom. The van der Waals surface area contributed by atoms with E-state index < -0.39 is 6.10 Å². The first-order valence-corrected chi connectivity index (χ1v) is 9.61. The molecule has 29 heavy (non-hydrogen) atoms. The average Bonchev–Trinajstić information content (AvgIpc) is 2.84. The molecule has 2 aromatic carbocycles. The van der Waals surface area contributed by atoms with Crippen molar-refractivity contribution in [2.75, 3.05) is 25.6 Å². The molecule has 6 nitrogen and oxygen atoms in total. The second kappa shape index (κ2) is 9.52. The highest BCUT2D eigenvalue weighted by molar-refractivity contribution is 5.92. The lowest BCUT2D eigenvalue weighted by Crippen LogP contribution is -2.40. The zero-order chi connectivity index (χ0) is 20.8. The Morgan fingerprint density at radius 1 is 1.28 bits per heavy atom. The summed E-state index contributed by atoms with van der Waals surface area (Å²) in [7, 11) is 1.46. The van der Waals surface area contributed by atoms with Crippen molar-refractivity contribution in [1.82, 2.24) is 4.90 Å². The largest absolute Gasteiger partial charge is 0.480 e. The molecular weight excluding hydrogens is 375 g/mol. The predicted octanol–water partition coefficient (Wildman–Crippen LogP) is 3.15. The van der Waals surface area contributed by atoms with Gasteiger partial charge in [-0.05, 0) is 48.7 Å². The van der Waals surface area contributed by atoms with Crippen molar-refractivity contribution in [2.24, 2.45) is 0 Å². The number of amides is 2. The van der Waals surface area contributed by atoms with Crippen molar-refractivity contribution < 1.29 is 23.5 Å².